The summed E-state index contributed by atoms with van der Waals surface area (Å²) < 4.78 is 1.94. The van der Waals surface area contributed by atoms with Crippen LogP contribution in [0.25, 0.3) is 27.6 Å². The van der Waals surface area contributed by atoms with Crippen LogP contribution in [0.3, 0.4) is 0 Å². The molecule has 0 saturated heterocycles. The number of nitrogens with zero attached hydrogens (tertiary/aromatic N) is 5. The molecule has 0 atom stereocenters. The number of hydrogen-bond acceptors (Lipinski definition) is 6. The van der Waals surface area contributed by atoms with Crippen LogP contribution in [0.1, 0.15) is 0 Å². The molecular formula is C18H12N6O. The highest BCUT2D eigenvalue weighted by Gasteiger charge is 2.15. The summed E-state index contributed by atoms with van der Waals surface area (Å²) in [7, 11) is 0. The number of rotatable bonds is 2. The van der Waals surface area contributed by atoms with E-state index in [1.807, 2.05) is 22.7 Å². The van der Waals surface area contributed by atoms with Crippen LogP contribution in [0.5, 0.6) is 5.75 Å². The van der Waals surface area contributed by atoms with E-state index in [-0.39, 0.29) is 5.75 Å². The molecule has 120 valence electrons. The molecule has 7 heteroatoms. The maximum absolute atomic E-state index is 9.71. The Balaban J connectivity index is 1.86. The highest BCUT2D eigenvalue weighted by Crippen LogP contribution is 2.31. The number of phenolic OH excluding ortho intramolecular Hbond substituents is 1. The number of imidazole rings is 1. The van der Waals surface area contributed by atoms with Gasteiger partial charge in [0.2, 0.25) is 0 Å². The maximum Gasteiger partial charge on any atom is 0.157 e. The van der Waals surface area contributed by atoms with Gasteiger partial charge in [0, 0.05) is 35.7 Å². The van der Waals surface area contributed by atoms with Gasteiger partial charge < -0.3 is 10.4 Å². The lowest BCUT2D eigenvalue weighted by molar-refractivity contribution is 0.475. The van der Waals surface area contributed by atoms with Crippen molar-refractivity contribution >= 4 is 39.1 Å². The quantitative estimate of drug-likeness (QED) is 0.517. The number of aromatic hydroxyl groups is 1. The zero-order chi connectivity index (χ0) is 16.8. The number of anilines is 2. The highest BCUT2D eigenvalue weighted by atomic mass is 16.3. The first-order valence-corrected chi connectivity index (χ1v) is 7.71. The summed E-state index contributed by atoms with van der Waals surface area (Å²) in [6.07, 6.45) is 8.72. The van der Waals surface area contributed by atoms with Gasteiger partial charge in [-0.25, -0.2) is 9.97 Å². The van der Waals surface area contributed by atoms with Crippen molar-refractivity contribution in [3.05, 3.63) is 61.3 Å². The lowest BCUT2D eigenvalue weighted by atomic mass is 10.2. The van der Waals surface area contributed by atoms with Gasteiger partial charge in [-0.3, -0.25) is 14.4 Å². The number of pyridine rings is 2. The van der Waals surface area contributed by atoms with Crippen LogP contribution in [-0.2, 0) is 0 Å². The van der Waals surface area contributed by atoms with E-state index in [4.69, 9.17) is 9.97 Å². The first kappa shape index (κ1) is 13.7. The lowest BCUT2D eigenvalue weighted by Crippen LogP contribution is -1.98. The number of nitrogens with one attached hydrogen (secondary N) is 1. The van der Waals surface area contributed by atoms with Crippen LogP contribution in [-0.4, -0.2) is 29.4 Å². The zero-order valence-corrected chi connectivity index (χ0v) is 13.0. The second-order valence-corrected chi connectivity index (χ2v) is 5.64. The van der Waals surface area contributed by atoms with Gasteiger partial charge in [0.25, 0.3) is 0 Å². The third-order valence-corrected chi connectivity index (χ3v) is 4.05. The van der Waals surface area contributed by atoms with Crippen LogP contribution in [0.2, 0.25) is 0 Å². The molecule has 0 unspecified atom stereocenters. The van der Waals surface area contributed by atoms with Gasteiger partial charge in [0.1, 0.15) is 16.8 Å². The molecule has 4 aromatic heterocycles. The number of fused-ring (bicyclic) bond motifs is 5. The summed E-state index contributed by atoms with van der Waals surface area (Å²) in [5.41, 5.74) is 3.89. The molecule has 4 heterocycles. The van der Waals surface area contributed by atoms with E-state index in [0.29, 0.717) is 5.82 Å². The van der Waals surface area contributed by atoms with Crippen LogP contribution in [0, 0.1) is 0 Å². The van der Waals surface area contributed by atoms with Crippen LogP contribution >= 0.6 is 0 Å². The molecule has 0 bridgehead atoms. The van der Waals surface area contributed by atoms with E-state index in [9.17, 15) is 5.11 Å². The van der Waals surface area contributed by atoms with Crippen LogP contribution < -0.4 is 5.32 Å². The Morgan fingerprint density at radius 1 is 1.00 bits per heavy atom. The smallest absolute Gasteiger partial charge is 0.157 e. The minimum atomic E-state index is 0.186. The van der Waals surface area contributed by atoms with E-state index in [0.717, 1.165) is 33.3 Å². The number of hydrogen-bond donors (Lipinski definition) is 2. The molecule has 2 N–H and O–H groups in total. The minimum absolute atomic E-state index is 0.186. The number of benzene rings is 1. The molecule has 0 amide bonds. The summed E-state index contributed by atoms with van der Waals surface area (Å²) in [5.74, 6) is 0.825. The lowest BCUT2D eigenvalue weighted by Gasteiger charge is -2.09. The Kier molecular flexibility index (Phi) is 2.81. The van der Waals surface area contributed by atoms with Gasteiger partial charge in [0.15, 0.2) is 11.5 Å². The fraction of sp³-hybridized carbons (Fsp3) is 0. The normalized spacial score (nSPS) is 11.4. The van der Waals surface area contributed by atoms with Crippen molar-refractivity contribution in [1.82, 2.24) is 24.3 Å². The molecule has 5 rings (SSSR count). The summed E-state index contributed by atoms with van der Waals surface area (Å²) in [5, 5.41) is 13.9. The SMILES string of the molecule is Oc1cccc(Nc2nc3cnccc3c3nc4cnccn4c23)c1. The Labute approximate surface area is 141 Å². The van der Waals surface area contributed by atoms with E-state index in [1.54, 1.807) is 43.0 Å². The average Bonchev–Trinajstić information content (AvgIpc) is 3.02. The van der Waals surface area contributed by atoms with Crippen molar-refractivity contribution in [2.45, 2.75) is 0 Å². The molecule has 0 aliphatic carbocycles. The van der Waals surface area contributed by atoms with Gasteiger partial charge in [0.05, 0.1) is 17.9 Å². The third-order valence-electron chi connectivity index (χ3n) is 4.05. The molecule has 0 saturated carbocycles. The van der Waals surface area contributed by atoms with Gasteiger partial charge in [-0.2, -0.15) is 0 Å². The second kappa shape index (κ2) is 5.13. The molecule has 0 fully saturated rings. The average molecular weight is 328 g/mol. The van der Waals surface area contributed by atoms with Crippen LogP contribution in [0.15, 0.2) is 61.3 Å². The molecular weight excluding hydrogens is 316 g/mol. The first-order chi connectivity index (χ1) is 12.3. The van der Waals surface area contributed by atoms with Gasteiger partial charge in [-0.05, 0) is 18.2 Å². The van der Waals surface area contributed by atoms with Crippen molar-refractivity contribution in [1.29, 1.82) is 0 Å². The van der Waals surface area contributed by atoms with Crippen molar-refractivity contribution in [2.75, 3.05) is 5.32 Å². The molecule has 0 aliphatic rings. The molecule has 7 nitrogen and oxygen atoms in total. The molecule has 0 spiro atoms. The van der Waals surface area contributed by atoms with E-state index in [2.05, 4.69) is 15.3 Å². The molecule has 0 radical (unpaired) electrons. The van der Waals surface area contributed by atoms with Gasteiger partial charge in [-0.1, -0.05) is 6.07 Å². The molecule has 1 aromatic carbocycles. The second-order valence-electron chi connectivity index (χ2n) is 5.64. The molecule has 5 aromatic rings. The highest BCUT2D eigenvalue weighted by molar-refractivity contribution is 6.08. The van der Waals surface area contributed by atoms with Gasteiger partial charge in [-0.15, -0.1) is 0 Å². The monoisotopic (exact) mass is 328 g/mol. The van der Waals surface area contributed by atoms with Crippen molar-refractivity contribution < 1.29 is 5.11 Å². The molecule has 0 aliphatic heterocycles. The summed E-state index contributed by atoms with van der Waals surface area (Å²) >= 11 is 0. The summed E-state index contributed by atoms with van der Waals surface area (Å²) in [4.78, 5) is 17.7. The molecule has 25 heavy (non-hydrogen) atoms. The predicted octanol–water partition coefficient (Wildman–Crippen LogP) is 3.27. The standard InChI is InChI=1S/C18H12N6O/c25-12-3-1-2-11(8-12)21-18-17-16(13-4-5-19-9-14(13)22-18)23-15-10-20-6-7-24(15)17/h1-10,25H,(H,21,22). The Morgan fingerprint density at radius 3 is 2.84 bits per heavy atom. The summed E-state index contributed by atoms with van der Waals surface area (Å²) in [6.45, 7) is 0. The van der Waals surface area contributed by atoms with Crippen molar-refractivity contribution in [2.24, 2.45) is 0 Å². The first-order valence-electron chi connectivity index (χ1n) is 7.71. The predicted molar refractivity (Wildman–Crippen MR) is 95.0 cm³/mol. The Bertz CT molecular complexity index is 1250. The number of phenols is 1. The van der Waals surface area contributed by atoms with Gasteiger partial charge >= 0.3 is 0 Å². The topological polar surface area (TPSA) is 88.2 Å². The van der Waals surface area contributed by atoms with E-state index in [1.165, 1.54) is 0 Å². The maximum atomic E-state index is 9.71. The third kappa shape index (κ3) is 2.13. The van der Waals surface area contributed by atoms with Crippen molar-refractivity contribution in [3.8, 4) is 5.75 Å². The Morgan fingerprint density at radius 2 is 1.92 bits per heavy atom. The van der Waals surface area contributed by atoms with Crippen LogP contribution in [0.4, 0.5) is 11.5 Å². The fourth-order valence-electron chi connectivity index (χ4n) is 2.98. The largest absolute Gasteiger partial charge is 0.508 e. The van der Waals surface area contributed by atoms with Crippen molar-refractivity contribution in [3.63, 3.8) is 0 Å². The van der Waals surface area contributed by atoms with E-state index < -0.39 is 0 Å². The fourth-order valence-corrected chi connectivity index (χ4v) is 2.98. The Hall–Kier alpha value is -3.74. The minimum Gasteiger partial charge on any atom is -0.508 e. The zero-order valence-electron chi connectivity index (χ0n) is 13.0. The number of aromatic nitrogens is 5. The van der Waals surface area contributed by atoms with E-state index >= 15 is 0 Å². The summed E-state index contributed by atoms with van der Waals surface area (Å²) in [6, 6.07) is 8.81.